The Hall–Kier alpha value is -0.850. The lowest BCUT2D eigenvalue weighted by Crippen LogP contribution is -1.97. The van der Waals surface area contributed by atoms with Gasteiger partial charge in [0.05, 0.1) is 0 Å². The molecule has 0 nitrogen and oxygen atoms in total. The molecule has 0 spiro atoms. The first-order valence-corrected chi connectivity index (χ1v) is 4.77. The monoisotopic (exact) mass is 180 g/mol. The van der Waals surface area contributed by atoms with E-state index < -0.39 is 6.17 Å². The molecule has 0 bridgehead atoms. The zero-order valence-corrected chi connectivity index (χ0v) is 8.76. The third-order valence-electron chi connectivity index (χ3n) is 2.29. The van der Waals surface area contributed by atoms with Crippen LogP contribution in [0.25, 0.3) is 0 Å². The Morgan fingerprint density at radius 1 is 1.08 bits per heavy atom. The van der Waals surface area contributed by atoms with Gasteiger partial charge in [-0.3, -0.25) is 0 Å². The number of hydrogen-bond acceptors (Lipinski definition) is 0. The highest BCUT2D eigenvalue weighted by Gasteiger charge is 2.11. The highest BCUT2D eigenvalue weighted by atomic mass is 19.1. The van der Waals surface area contributed by atoms with Crippen molar-refractivity contribution in [2.24, 2.45) is 0 Å². The van der Waals surface area contributed by atoms with Crippen molar-refractivity contribution in [1.29, 1.82) is 0 Å². The van der Waals surface area contributed by atoms with Gasteiger partial charge < -0.3 is 0 Å². The van der Waals surface area contributed by atoms with Gasteiger partial charge in [-0.05, 0) is 30.9 Å². The van der Waals surface area contributed by atoms with Gasteiger partial charge in [0.2, 0.25) is 0 Å². The molecule has 0 heterocycles. The van der Waals surface area contributed by atoms with Crippen LogP contribution in [0.1, 0.15) is 49.6 Å². The molecule has 0 radical (unpaired) electrons. The molecule has 0 saturated heterocycles. The predicted octanol–water partition coefficient (Wildman–Crippen LogP) is 4.15. The van der Waals surface area contributed by atoms with Crippen molar-refractivity contribution in [2.75, 3.05) is 0 Å². The molecule has 0 N–H and O–H groups in total. The molecule has 0 amide bonds. The van der Waals surface area contributed by atoms with Crippen LogP contribution in [-0.4, -0.2) is 0 Å². The molecule has 72 valence electrons. The van der Waals surface area contributed by atoms with Crippen molar-refractivity contribution in [3.63, 3.8) is 0 Å². The predicted molar refractivity (Wildman–Crippen MR) is 54.8 cm³/mol. The number of benzene rings is 1. The summed E-state index contributed by atoms with van der Waals surface area (Å²) in [7, 11) is 0. The minimum absolute atomic E-state index is 0.397. The highest BCUT2D eigenvalue weighted by Crippen LogP contribution is 2.27. The molecular weight excluding hydrogens is 163 g/mol. The van der Waals surface area contributed by atoms with E-state index in [1.165, 1.54) is 0 Å². The van der Waals surface area contributed by atoms with Crippen LogP contribution in [0.4, 0.5) is 4.39 Å². The minimum Gasteiger partial charge on any atom is -0.243 e. The fraction of sp³-hybridized carbons (Fsp3) is 0.500. The third kappa shape index (κ3) is 2.30. The average Bonchev–Trinajstić information content (AvgIpc) is 2.03. The van der Waals surface area contributed by atoms with Crippen LogP contribution in [0.2, 0.25) is 0 Å². The zero-order valence-electron chi connectivity index (χ0n) is 8.76. The Balaban J connectivity index is 3.19. The Labute approximate surface area is 79.8 Å². The topological polar surface area (TPSA) is 0 Å². The molecule has 1 aromatic rings. The fourth-order valence-electron chi connectivity index (χ4n) is 1.56. The van der Waals surface area contributed by atoms with Crippen LogP contribution < -0.4 is 0 Å². The maximum absolute atomic E-state index is 13.2. The summed E-state index contributed by atoms with van der Waals surface area (Å²) in [6.07, 6.45) is -0.864. The molecule has 0 fully saturated rings. The Morgan fingerprint density at radius 2 is 1.69 bits per heavy atom. The van der Waals surface area contributed by atoms with E-state index in [1.807, 2.05) is 25.1 Å². The largest absolute Gasteiger partial charge is 0.243 e. The van der Waals surface area contributed by atoms with E-state index in [0.717, 1.165) is 16.7 Å². The fourth-order valence-corrected chi connectivity index (χ4v) is 1.56. The summed E-state index contributed by atoms with van der Waals surface area (Å²) < 4.78 is 13.2. The number of hydrogen-bond donors (Lipinski definition) is 0. The van der Waals surface area contributed by atoms with E-state index in [9.17, 15) is 4.39 Å². The summed E-state index contributed by atoms with van der Waals surface area (Å²) in [6, 6.07) is 6.02. The lowest BCUT2D eigenvalue weighted by atomic mass is 9.93. The second-order valence-corrected chi connectivity index (χ2v) is 3.90. The van der Waals surface area contributed by atoms with Crippen LogP contribution in [0.5, 0.6) is 0 Å². The van der Waals surface area contributed by atoms with E-state index in [2.05, 4.69) is 13.8 Å². The first-order valence-electron chi connectivity index (χ1n) is 4.77. The van der Waals surface area contributed by atoms with E-state index in [4.69, 9.17) is 0 Å². The van der Waals surface area contributed by atoms with Gasteiger partial charge in [0, 0.05) is 0 Å². The Kier molecular flexibility index (Phi) is 3.07. The number of halogens is 1. The molecule has 1 rings (SSSR count). The van der Waals surface area contributed by atoms with Crippen LogP contribution in [0.15, 0.2) is 18.2 Å². The van der Waals surface area contributed by atoms with E-state index in [0.29, 0.717) is 5.92 Å². The van der Waals surface area contributed by atoms with Crippen LogP contribution in [-0.2, 0) is 0 Å². The number of aryl methyl sites for hydroxylation is 1. The minimum atomic E-state index is -0.864. The van der Waals surface area contributed by atoms with E-state index in [1.54, 1.807) is 6.92 Å². The molecule has 0 aliphatic carbocycles. The number of rotatable bonds is 2. The van der Waals surface area contributed by atoms with Crippen molar-refractivity contribution in [2.45, 2.75) is 39.8 Å². The van der Waals surface area contributed by atoms with Crippen LogP contribution in [0, 0.1) is 6.92 Å². The second kappa shape index (κ2) is 3.91. The van der Waals surface area contributed by atoms with Crippen molar-refractivity contribution >= 4 is 0 Å². The van der Waals surface area contributed by atoms with Gasteiger partial charge in [-0.15, -0.1) is 0 Å². The third-order valence-corrected chi connectivity index (χ3v) is 2.29. The summed E-state index contributed by atoms with van der Waals surface area (Å²) in [5, 5.41) is 0. The van der Waals surface area contributed by atoms with Gasteiger partial charge in [-0.1, -0.05) is 37.6 Å². The molecule has 13 heavy (non-hydrogen) atoms. The standard InChI is InChI=1S/C12H17F/c1-8(2)11-6-5-9(3)7-12(11)10(4)13/h5-8,10H,1-4H3. The van der Waals surface area contributed by atoms with Crippen molar-refractivity contribution in [3.8, 4) is 0 Å². The summed E-state index contributed by atoms with van der Waals surface area (Å²) in [5.41, 5.74) is 3.10. The quantitative estimate of drug-likeness (QED) is 0.641. The lowest BCUT2D eigenvalue weighted by molar-refractivity contribution is 0.371. The maximum atomic E-state index is 13.2. The molecule has 1 atom stereocenters. The normalized spacial score (nSPS) is 13.4. The molecule has 0 aliphatic heterocycles. The van der Waals surface area contributed by atoms with Crippen LogP contribution in [0.3, 0.4) is 0 Å². The van der Waals surface area contributed by atoms with Crippen LogP contribution >= 0.6 is 0 Å². The molecule has 1 heteroatoms. The van der Waals surface area contributed by atoms with Gasteiger partial charge in [0.15, 0.2) is 0 Å². The summed E-state index contributed by atoms with van der Waals surface area (Å²) in [5.74, 6) is 0.397. The summed E-state index contributed by atoms with van der Waals surface area (Å²) in [4.78, 5) is 0. The first-order chi connectivity index (χ1) is 6.02. The highest BCUT2D eigenvalue weighted by molar-refractivity contribution is 5.34. The van der Waals surface area contributed by atoms with Crippen molar-refractivity contribution in [3.05, 3.63) is 34.9 Å². The smallest absolute Gasteiger partial charge is 0.123 e. The molecule has 0 aromatic heterocycles. The first kappa shape index (κ1) is 10.2. The van der Waals surface area contributed by atoms with Gasteiger partial charge in [-0.2, -0.15) is 0 Å². The maximum Gasteiger partial charge on any atom is 0.123 e. The molecule has 0 aliphatic rings. The second-order valence-electron chi connectivity index (χ2n) is 3.90. The van der Waals surface area contributed by atoms with Gasteiger partial charge in [-0.25, -0.2) is 4.39 Å². The van der Waals surface area contributed by atoms with E-state index in [-0.39, 0.29) is 0 Å². The van der Waals surface area contributed by atoms with Gasteiger partial charge in [0.1, 0.15) is 6.17 Å². The van der Waals surface area contributed by atoms with Crippen molar-refractivity contribution < 1.29 is 4.39 Å². The van der Waals surface area contributed by atoms with Gasteiger partial charge >= 0.3 is 0 Å². The molecule has 1 aromatic carbocycles. The van der Waals surface area contributed by atoms with E-state index >= 15 is 0 Å². The lowest BCUT2D eigenvalue weighted by Gasteiger charge is -2.14. The average molecular weight is 180 g/mol. The summed E-state index contributed by atoms with van der Waals surface area (Å²) in [6.45, 7) is 7.78. The molecule has 0 saturated carbocycles. The number of alkyl halides is 1. The zero-order chi connectivity index (χ0) is 10.0. The SMILES string of the molecule is Cc1ccc(C(C)C)c(C(C)F)c1. The van der Waals surface area contributed by atoms with Gasteiger partial charge in [0.25, 0.3) is 0 Å². The Bertz CT molecular complexity index is 287. The summed E-state index contributed by atoms with van der Waals surface area (Å²) >= 11 is 0. The van der Waals surface area contributed by atoms with Crippen molar-refractivity contribution in [1.82, 2.24) is 0 Å². The molecule has 1 unspecified atom stereocenters. The molecular formula is C12H17F. The Morgan fingerprint density at radius 3 is 2.15 bits per heavy atom.